The van der Waals surface area contributed by atoms with E-state index in [0.717, 1.165) is 0 Å². The van der Waals surface area contributed by atoms with Crippen LogP contribution in [0, 0.1) is 0 Å². The quantitative estimate of drug-likeness (QED) is 0.570. The van der Waals surface area contributed by atoms with E-state index in [9.17, 15) is 14.4 Å². The lowest BCUT2D eigenvalue weighted by atomic mass is 10.2. The standard InChI is InChI=1S/C20H22ClN3O5/c1-3-6-18(25)23-24-20(27)14-7-4-5-8-16(14)29-12-19(26)22-15-10-9-13(21)11-17(15)28-2/h4-5,7-11H,3,6,12H2,1-2H3,(H,22,26)(H,23,25)(H,24,27). The zero-order chi connectivity index (χ0) is 21.2. The summed E-state index contributed by atoms with van der Waals surface area (Å²) >= 11 is 5.90. The SMILES string of the molecule is CCCC(=O)NNC(=O)c1ccccc1OCC(=O)Nc1ccc(Cl)cc1OC. The van der Waals surface area contributed by atoms with Gasteiger partial charge < -0.3 is 14.8 Å². The van der Waals surface area contributed by atoms with Crippen LogP contribution in [0.1, 0.15) is 30.1 Å². The van der Waals surface area contributed by atoms with Crippen LogP contribution in [0.4, 0.5) is 5.69 Å². The molecule has 154 valence electrons. The minimum absolute atomic E-state index is 0.182. The molecule has 0 spiro atoms. The van der Waals surface area contributed by atoms with Crippen molar-refractivity contribution in [2.45, 2.75) is 19.8 Å². The second kappa shape index (κ2) is 10.9. The first-order chi connectivity index (χ1) is 13.9. The molecule has 0 aliphatic heterocycles. The van der Waals surface area contributed by atoms with Crippen molar-refractivity contribution in [3.8, 4) is 11.5 Å². The smallest absolute Gasteiger partial charge is 0.273 e. The number of para-hydroxylation sites is 1. The molecule has 0 radical (unpaired) electrons. The van der Waals surface area contributed by atoms with Crippen molar-refractivity contribution >= 4 is 35.0 Å². The molecule has 0 atom stereocenters. The van der Waals surface area contributed by atoms with Crippen LogP contribution in [0.5, 0.6) is 11.5 Å². The molecule has 0 bridgehead atoms. The summed E-state index contributed by atoms with van der Waals surface area (Å²) in [5.41, 5.74) is 5.27. The molecule has 0 heterocycles. The number of nitrogens with one attached hydrogen (secondary N) is 3. The van der Waals surface area contributed by atoms with Gasteiger partial charge in [0.2, 0.25) is 5.91 Å². The summed E-state index contributed by atoms with van der Waals surface area (Å²) in [4.78, 5) is 36.0. The first-order valence-electron chi connectivity index (χ1n) is 8.89. The molecule has 8 nitrogen and oxygen atoms in total. The van der Waals surface area contributed by atoms with Gasteiger partial charge in [-0.05, 0) is 30.7 Å². The number of halogens is 1. The number of anilines is 1. The summed E-state index contributed by atoms with van der Waals surface area (Å²) in [5.74, 6) is -0.682. The van der Waals surface area contributed by atoms with Crippen molar-refractivity contribution in [1.82, 2.24) is 10.9 Å². The van der Waals surface area contributed by atoms with Crippen molar-refractivity contribution in [2.24, 2.45) is 0 Å². The van der Waals surface area contributed by atoms with Gasteiger partial charge in [0.05, 0.1) is 18.4 Å². The summed E-state index contributed by atoms with van der Waals surface area (Å²) in [6.45, 7) is 1.52. The number of amides is 3. The first kappa shape index (κ1) is 22.0. The second-order valence-electron chi connectivity index (χ2n) is 5.93. The van der Waals surface area contributed by atoms with Gasteiger partial charge in [0.1, 0.15) is 11.5 Å². The topological polar surface area (TPSA) is 106 Å². The van der Waals surface area contributed by atoms with Crippen molar-refractivity contribution in [2.75, 3.05) is 19.0 Å². The Morgan fingerprint density at radius 3 is 2.48 bits per heavy atom. The molecule has 2 rings (SSSR count). The summed E-state index contributed by atoms with van der Waals surface area (Å²) < 4.78 is 10.7. The molecule has 0 aliphatic rings. The van der Waals surface area contributed by atoms with Crippen LogP contribution in [0.25, 0.3) is 0 Å². The zero-order valence-electron chi connectivity index (χ0n) is 16.1. The van der Waals surface area contributed by atoms with E-state index in [1.165, 1.54) is 13.2 Å². The van der Waals surface area contributed by atoms with Gasteiger partial charge in [-0.15, -0.1) is 0 Å². The van der Waals surface area contributed by atoms with Gasteiger partial charge in [-0.3, -0.25) is 25.2 Å². The van der Waals surface area contributed by atoms with E-state index in [2.05, 4.69) is 16.2 Å². The van der Waals surface area contributed by atoms with Gasteiger partial charge in [-0.1, -0.05) is 30.7 Å². The van der Waals surface area contributed by atoms with Crippen molar-refractivity contribution < 1.29 is 23.9 Å². The minimum atomic E-state index is -0.551. The Morgan fingerprint density at radius 2 is 1.76 bits per heavy atom. The third kappa shape index (κ3) is 6.69. The Bertz CT molecular complexity index is 888. The molecule has 0 saturated carbocycles. The number of benzene rings is 2. The maximum Gasteiger partial charge on any atom is 0.273 e. The Hall–Kier alpha value is -3.26. The lowest BCUT2D eigenvalue weighted by Crippen LogP contribution is -2.41. The van der Waals surface area contributed by atoms with E-state index in [1.54, 1.807) is 36.4 Å². The third-order valence-corrected chi connectivity index (χ3v) is 3.96. The maximum atomic E-state index is 12.3. The number of rotatable bonds is 8. The Labute approximate surface area is 173 Å². The van der Waals surface area contributed by atoms with Crippen molar-refractivity contribution in [1.29, 1.82) is 0 Å². The van der Waals surface area contributed by atoms with E-state index in [1.807, 2.05) is 6.92 Å². The molecular formula is C20H22ClN3O5. The molecule has 0 saturated heterocycles. The lowest BCUT2D eigenvalue weighted by Gasteiger charge is -2.13. The first-order valence-corrected chi connectivity index (χ1v) is 9.26. The highest BCUT2D eigenvalue weighted by Gasteiger charge is 2.15. The highest BCUT2D eigenvalue weighted by Crippen LogP contribution is 2.27. The number of ether oxygens (including phenoxy) is 2. The van der Waals surface area contributed by atoms with Crippen LogP contribution in [-0.4, -0.2) is 31.4 Å². The molecule has 0 aliphatic carbocycles. The number of hydrogen-bond acceptors (Lipinski definition) is 5. The van der Waals surface area contributed by atoms with Gasteiger partial charge in [0.15, 0.2) is 6.61 Å². The number of hydrazine groups is 1. The average molecular weight is 420 g/mol. The molecule has 2 aromatic rings. The Kier molecular flexibility index (Phi) is 8.29. The van der Waals surface area contributed by atoms with Crippen LogP contribution < -0.4 is 25.6 Å². The largest absolute Gasteiger partial charge is 0.495 e. The van der Waals surface area contributed by atoms with Gasteiger partial charge >= 0.3 is 0 Å². The average Bonchev–Trinajstić information content (AvgIpc) is 2.72. The summed E-state index contributed by atoms with van der Waals surface area (Å²) in [6.07, 6.45) is 0.960. The van der Waals surface area contributed by atoms with Crippen molar-refractivity contribution in [3.63, 3.8) is 0 Å². The third-order valence-electron chi connectivity index (χ3n) is 3.72. The van der Waals surface area contributed by atoms with E-state index < -0.39 is 11.8 Å². The van der Waals surface area contributed by atoms with E-state index in [-0.39, 0.29) is 23.8 Å². The molecule has 3 N–H and O–H groups in total. The van der Waals surface area contributed by atoms with E-state index in [4.69, 9.17) is 21.1 Å². The van der Waals surface area contributed by atoms with Crippen molar-refractivity contribution in [3.05, 3.63) is 53.1 Å². The number of carbonyl (C=O) groups excluding carboxylic acids is 3. The van der Waals surface area contributed by atoms with Gasteiger partial charge in [0.25, 0.3) is 11.8 Å². The Balaban J connectivity index is 1.98. The summed E-state index contributed by atoms with van der Waals surface area (Å²) in [7, 11) is 1.46. The van der Waals surface area contributed by atoms with E-state index in [0.29, 0.717) is 29.3 Å². The van der Waals surface area contributed by atoms with Gasteiger partial charge in [-0.2, -0.15) is 0 Å². The predicted octanol–water partition coefficient (Wildman–Crippen LogP) is 2.93. The molecule has 0 aromatic heterocycles. The maximum absolute atomic E-state index is 12.3. The summed E-state index contributed by atoms with van der Waals surface area (Å²) in [6, 6.07) is 11.2. The second-order valence-corrected chi connectivity index (χ2v) is 6.37. The van der Waals surface area contributed by atoms with Gasteiger partial charge in [0, 0.05) is 17.5 Å². The van der Waals surface area contributed by atoms with Crippen LogP contribution >= 0.6 is 11.6 Å². The fourth-order valence-corrected chi connectivity index (χ4v) is 2.52. The molecular weight excluding hydrogens is 398 g/mol. The molecule has 2 aromatic carbocycles. The fraction of sp³-hybridized carbons (Fsp3) is 0.250. The number of methoxy groups -OCH3 is 1. The Morgan fingerprint density at radius 1 is 1.00 bits per heavy atom. The highest BCUT2D eigenvalue weighted by atomic mass is 35.5. The molecule has 0 fully saturated rings. The van der Waals surface area contributed by atoms with Crippen LogP contribution in [0.3, 0.4) is 0 Å². The monoisotopic (exact) mass is 419 g/mol. The predicted molar refractivity (Wildman–Crippen MR) is 109 cm³/mol. The van der Waals surface area contributed by atoms with Crippen LogP contribution in [-0.2, 0) is 9.59 Å². The minimum Gasteiger partial charge on any atom is -0.495 e. The number of hydrogen-bond donors (Lipinski definition) is 3. The fourth-order valence-electron chi connectivity index (χ4n) is 2.36. The van der Waals surface area contributed by atoms with Crippen LogP contribution in [0.2, 0.25) is 5.02 Å². The molecule has 3 amide bonds. The summed E-state index contributed by atoms with van der Waals surface area (Å²) in [5, 5.41) is 3.13. The van der Waals surface area contributed by atoms with Crippen LogP contribution in [0.15, 0.2) is 42.5 Å². The molecule has 9 heteroatoms. The normalized spacial score (nSPS) is 10.0. The number of carbonyl (C=O) groups is 3. The van der Waals surface area contributed by atoms with E-state index >= 15 is 0 Å². The lowest BCUT2D eigenvalue weighted by molar-refractivity contribution is -0.122. The zero-order valence-corrected chi connectivity index (χ0v) is 16.8. The molecule has 29 heavy (non-hydrogen) atoms. The highest BCUT2D eigenvalue weighted by molar-refractivity contribution is 6.30. The van der Waals surface area contributed by atoms with Gasteiger partial charge in [-0.25, -0.2) is 0 Å². The molecule has 0 unspecified atom stereocenters.